The zero-order chi connectivity index (χ0) is 20.3. The molecular formula is C24H23N5O. The van der Waals surface area contributed by atoms with Crippen molar-refractivity contribution in [3.63, 3.8) is 0 Å². The van der Waals surface area contributed by atoms with Gasteiger partial charge >= 0.3 is 0 Å². The van der Waals surface area contributed by atoms with E-state index in [4.69, 9.17) is 0 Å². The Hall–Kier alpha value is -3.51. The van der Waals surface area contributed by atoms with Crippen LogP contribution in [0.4, 0.5) is 0 Å². The van der Waals surface area contributed by atoms with E-state index in [1.165, 1.54) is 11.1 Å². The molecular weight excluding hydrogens is 374 g/mol. The fourth-order valence-electron chi connectivity index (χ4n) is 4.22. The van der Waals surface area contributed by atoms with Gasteiger partial charge in [0.05, 0.1) is 6.04 Å². The van der Waals surface area contributed by atoms with Crippen molar-refractivity contribution in [1.82, 2.24) is 25.2 Å². The topological polar surface area (TPSA) is 65.1 Å². The van der Waals surface area contributed by atoms with E-state index in [0.717, 1.165) is 18.6 Å². The standard InChI is InChI=1S/C24H23N5O/c30-24(20-11-12-21-22(17-20)26-27-25-21)29-15-13-28(14-16-29)23(18-7-3-1-4-8-18)19-9-5-2-6-10-19/h1-12,17,23H,13-16H2,(H,25,26,27). The summed E-state index contributed by atoms with van der Waals surface area (Å²) in [7, 11) is 0. The van der Waals surface area contributed by atoms with Crippen LogP contribution in [0.2, 0.25) is 0 Å². The van der Waals surface area contributed by atoms with Crippen LogP contribution in [0.3, 0.4) is 0 Å². The first kappa shape index (κ1) is 18.5. The maximum Gasteiger partial charge on any atom is 0.254 e. The van der Waals surface area contributed by atoms with E-state index < -0.39 is 0 Å². The summed E-state index contributed by atoms with van der Waals surface area (Å²) < 4.78 is 0. The molecule has 150 valence electrons. The number of carbonyl (C=O) groups is 1. The molecule has 5 rings (SSSR count). The molecule has 6 nitrogen and oxygen atoms in total. The Kier molecular flexibility index (Phi) is 4.99. The van der Waals surface area contributed by atoms with Gasteiger partial charge in [-0.05, 0) is 29.3 Å². The summed E-state index contributed by atoms with van der Waals surface area (Å²) >= 11 is 0. The third-order valence-electron chi connectivity index (χ3n) is 5.76. The molecule has 1 aromatic heterocycles. The number of nitrogens with zero attached hydrogens (tertiary/aromatic N) is 4. The zero-order valence-electron chi connectivity index (χ0n) is 16.6. The average molecular weight is 397 g/mol. The maximum absolute atomic E-state index is 13.0. The first-order chi connectivity index (χ1) is 14.8. The van der Waals surface area contributed by atoms with Crippen molar-refractivity contribution in [2.75, 3.05) is 26.2 Å². The Morgan fingerprint density at radius 2 is 1.37 bits per heavy atom. The minimum Gasteiger partial charge on any atom is -0.336 e. The summed E-state index contributed by atoms with van der Waals surface area (Å²) in [4.78, 5) is 17.4. The summed E-state index contributed by atoms with van der Waals surface area (Å²) in [5, 5.41) is 10.7. The summed E-state index contributed by atoms with van der Waals surface area (Å²) in [5.41, 5.74) is 4.70. The molecule has 0 saturated carbocycles. The van der Waals surface area contributed by atoms with Crippen LogP contribution >= 0.6 is 0 Å². The van der Waals surface area contributed by atoms with Crippen LogP contribution in [0, 0.1) is 0 Å². The highest BCUT2D eigenvalue weighted by Crippen LogP contribution is 2.29. The highest BCUT2D eigenvalue weighted by molar-refractivity contribution is 5.97. The Morgan fingerprint density at radius 1 is 0.767 bits per heavy atom. The lowest BCUT2D eigenvalue weighted by Crippen LogP contribution is -2.49. The number of hydrogen-bond acceptors (Lipinski definition) is 4. The normalized spacial score (nSPS) is 15.0. The molecule has 6 heteroatoms. The molecule has 1 amide bonds. The number of hydrogen-bond donors (Lipinski definition) is 1. The van der Waals surface area contributed by atoms with Gasteiger partial charge in [-0.2, -0.15) is 15.4 Å². The third-order valence-corrected chi connectivity index (χ3v) is 5.76. The van der Waals surface area contributed by atoms with Crippen LogP contribution < -0.4 is 0 Å². The number of H-pyrrole nitrogens is 1. The predicted octanol–water partition coefficient (Wildman–Crippen LogP) is 3.51. The summed E-state index contributed by atoms with van der Waals surface area (Å²) in [5.74, 6) is 0.0514. The monoisotopic (exact) mass is 397 g/mol. The molecule has 4 aromatic rings. The lowest BCUT2D eigenvalue weighted by atomic mass is 9.96. The van der Waals surface area contributed by atoms with Gasteiger partial charge in [0.15, 0.2) is 0 Å². The molecule has 1 aliphatic heterocycles. The van der Waals surface area contributed by atoms with E-state index in [0.29, 0.717) is 24.2 Å². The van der Waals surface area contributed by atoms with Crippen LogP contribution in [0.15, 0.2) is 78.9 Å². The Bertz CT molecular complexity index is 1090. The predicted molar refractivity (Wildman–Crippen MR) is 116 cm³/mol. The highest BCUT2D eigenvalue weighted by atomic mass is 16.2. The van der Waals surface area contributed by atoms with E-state index in [1.54, 1.807) is 0 Å². The van der Waals surface area contributed by atoms with Crippen LogP contribution in [-0.4, -0.2) is 57.3 Å². The Balaban J connectivity index is 1.34. The van der Waals surface area contributed by atoms with Gasteiger partial charge in [-0.3, -0.25) is 9.69 Å². The summed E-state index contributed by atoms with van der Waals surface area (Å²) in [6.45, 7) is 3.05. The third kappa shape index (κ3) is 3.57. The van der Waals surface area contributed by atoms with Crippen molar-refractivity contribution in [3.8, 4) is 0 Å². The second-order valence-corrected chi connectivity index (χ2v) is 7.58. The summed E-state index contributed by atoms with van der Waals surface area (Å²) in [6.07, 6.45) is 0. The second kappa shape index (κ2) is 8.08. The molecule has 1 aliphatic rings. The first-order valence-electron chi connectivity index (χ1n) is 10.2. The van der Waals surface area contributed by atoms with Gasteiger partial charge in [-0.15, -0.1) is 0 Å². The molecule has 1 saturated heterocycles. The lowest BCUT2D eigenvalue weighted by Gasteiger charge is -2.39. The van der Waals surface area contributed by atoms with E-state index in [2.05, 4.69) is 68.8 Å². The van der Waals surface area contributed by atoms with Crippen LogP contribution in [0.25, 0.3) is 11.0 Å². The number of nitrogens with one attached hydrogen (secondary N) is 1. The lowest BCUT2D eigenvalue weighted by molar-refractivity contribution is 0.0597. The Morgan fingerprint density at radius 3 is 2.00 bits per heavy atom. The van der Waals surface area contributed by atoms with Gasteiger partial charge < -0.3 is 4.90 Å². The SMILES string of the molecule is O=C(c1ccc2n[nH]nc2c1)N1CCN(C(c2ccccc2)c2ccccc2)CC1. The zero-order valence-corrected chi connectivity index (χ0v) is 16.6. The van der Waals surface area contributed by atoms with Gasteiger partial charge in [0.1, 0.15) is 11.0 Å². The summed E-state index contributed by atoms with van der Waals surface area (Å²) in [6, 6.07) is 26.9. The fourth-order valence-corrected chi connectivity index (χ4v) is 4.22. The molecule has 30 heavy (non-hydrogen) atoms. The van der Waals surface area contributed by atoms with Gasteiger partial charge in [0.2, 0.25) is 0 Å². The van der Waals surface area contributed by atoms with Crippen molar-refractivity contribution < 1.29 is 4.79 Å². The molecule has 0 aliphatic carbocycles. The maximum atomic E-state index is 13.0. The molecule has 3 aromatic carbocycles. The van der Waals surface area contributed by atoms with Crippen LogP contribution in [0.1, 0.15) is 27.5 Å². The smallest absolute Gasteiger partial charge is 0.254 e. The van der Waals surface area contributed by atoms with Gasteiger partial charge in [0, 0.05) is 31.7 Å². The molecule has 1 fully saturated rings. The number of benzene rings is 3. The largest absolute Gasteiger partial charge is 0.336 e. The van der Waals surface area contributed by atoms with E-state index in [9.17, 15) is 4.79 Å². The fraction of sp³-hybridized carbons (Fsp3) is 0.208. The van der Waals surface area contributed by atoms with Crippen molar-refractivity contribution in [1.29, 1.82) is 0 Å². The van der Waals surface area contributed by atoms with Crippen molar-refractivity contribution in [2.45, 2.75) is 6.04 Å². The van der Waals surface area contributed by atoms with Crippen LogP contribution in [-0.2, 0) is 0 Å². The van der Waals surface area contributed by atoms with Gasteiger partial charge in [-0.1, -0.05) is 60.7 Å². The number of piperazine rings is 1. The first-order valence-corrected chi connectivity index (χ1v) is 10.2. The van der Waals surface area contributed by atoms with Crippen LogP contribution in [0.5, 0.6) is 0 Å². The highest BCUT2D eigenvalue weighted by Gasteiger charge is 2.28. The minimum absolute atomic E-state index is 0.0514. The molecule has 0 radical (unpaired) electrons. The van der Waals surface area contributed by atoms with Crippen molar-refractivity contribution >= 4 is 16.9 Å². The molecule has 0 unspecified atom stereocenters. The molecule has 0 spiro atoms. The number of fused-ring (bicyclic) bond motifs is 1. The number of aromatic amines is 1. The number of aromatic nitrogens is 3. The van der Waals surface area contributed by atoms with Gasteiger partial charge in [-0.25, -0.2) is 0 Å². The van der Waals surface area contributed by atoms with E-state index in [-0.39, 0.29) is 11.9 Å². The quantitative estimate of drug-likeness (QED) is 0.572. The number of rotatable bonds is 4. The van der Waals surface area contributed by atoms with E-state index in [1.807, 2.05) is 35.2 Å². The van der Waals surface area contributed by atoms with Crippen molar-refractivity contribution in [2.24, 2.45) is 0 Å². The molecule has 0 bridgehead atoms. The molecule has 1 N–H and O–H groups in total. The number of carbonyl (C=O) groups excluding carboxylic acids is 1. The molecule has 0 atom stereocenters. The van der Waals surface area contributed by atoms with Gasteiger partial charge in [0.25, 0.3) is 5.91 Å². The molecule has 2 heterocycles. The second-order valence-electron chi connectivity index (χ2n) is 7.58. The Labute approximate surface area is 175 Å². The average Bonchev–Trinajstić information content (AvgIpc) is 3.29. The van der Waals surface area contributed by atoms with E-state index >= 15 is 0 Å². The number of amides is 1. The van der Waals surface area contributed by atoms with Crippen molar-refractivity contribution in [3.05, 3.63) is 95.6 Å². The minimum atomic E-state index is 0.0514.